The Morgan fingerprint density at radius 3 is 2.51 bits per heavy atom. The largest absolute Gasteiger partial charge is 0.384 e. The fourth-order valence-corrected chi connectivity index (χ4v) is 5.39. The van der Waals surface area contributed by atoms with Gasteiger partial charge in [0.1, 0.15) is 23.2 Å². The van der Waals surface area contributed by atoms with Gasteiger partial charge >= 0.3 is 0 Å². The Morgan fingerprint density at radius 2 is 1.76 bits per heavy atom. The molecule has 1 amide bonds. The molecule has 0 fully saturated rings. The number of nitrogens with one attached hydrogen (secondary N) is 3. The second-order valence-corrected chi connectivity index (χ2v) is 10.6. The van der Waals surface area contributed by atoms with Crippen molar-refractivity contribution in [1.82, 2.24) is 24.8 Å². The van der Waals surface area contributed by atoms with Crippen LogP contribution in [0.4, 0.5) is 0 Å². The van der Waals surface area contributed by atoms with Crippen molar-refractivity contribution in [1.29, 1.82) is 5.41 Å². The molecule has 3 aromatic carbocycles. The predicted octanol–water partition coefficient (Wildman–Crippen LogP) is 2.38. The Bertz CT molecular complexity index is 1690. The number of hydrogen-bond donors (Lipinski definition) is 4. The zero-order valence-corrected chi connectivity index (χ0v) is 20.6. The van der Waals surface area contributed by atoms with E-state index in [9.17, 15) is 13.2 Å². The van der Waals surface area contributed by atoms with Crippen molar-refractivity contribution in [2.24, 2.45) is 5.73 Å². The quantitative estimate of drug-likeness (QED) is 0.174. The van der Waals surface area contributed by atoms with Crippen molar-refractivity contribution in [2.75, 3.05) is 12.3 Å². The molecule has 0 aliphatic heterocycles. The van der Waals surface area contributed by atoms with Gasteiger partial charge in [0.05, 0.1) is 33.4 Å². The molecular formula is C26H25N7O3S. The van der Waals surface area contributed by atoms with E-state index < -0.39 is 21.5 Å². The van der Waals surface area contributed by atoms with Crippen molar-refractivity contribution in [3.8, 4) is 0 Å². The molecular weight excluding hydrogens is 490 g/mol. The standard InChI is InChI=1S/C26H25N7O3S/c27-26(28)17-10-11-21-22(14-17)33(24(32-21)15-23-30-19-8-4-5-9-20(19)31-23)13-12-29-25(34)16-37(35,36)18-6-2-1-3-7-18/h1-11,14H,12-13,15-16H2,(H3,27,28)(H,29,34)(H,30,31). The maximum atomic E-state index is 12.5. The highest BCUT2D eigenvalue weighted by molar-refractivity contribution is 7.92. The van der Waals surface area contributed by atoms with E-state index in [1.165, 1.54) is 12.1 Å². The van der Waals surface area contributed by atoms with Crippen molar-refractivity contribution >= 4 is 43.6 Å². The number of hydrogen-bond acceptors (Lipinski definition) is 6. The zero-order valence-electron chi connectivity index (χ0n) is 19.8. The lowest BCUT2D eigenvalue weighted by Crippen LogP contribution is -2.33. The Morgan fingerprint density at radius 1 is 1.00 bits per heavy atom. The SMILES string of the molecule is N=C(N)c1ccc2nc(Cc3nc4ccccc4[nH]3)n(CCNC(=O)CS(=O)(=O)c3ccccc3)c2c1. The van der Waals surface area contributed by atoms with Crippen LogP contribution in [0, 0.1) is 5.41 Å². The maximum Gasteiger partial charge on any atom is 0.235 e. The fraction of sp³-hybridized carbons (Fsp3) is 0.154. The molecule has 5 N–H and O–H groups in total. The minimum Gasteiger partial charge on any atom is -0.384 e. The average molecular weight is 516 g/mol. The van der Waals surface area contributed by atoms with E-state index in [2.05, 4.69) is 15.3 Å². The number of aromatic nitrogens is 4. The van der Waals surface area contributed by atoms with E-state index >= 15 is 0 Å². The summed E-state index contributed by atoms with van der Waals surface area (Å²) in [5, 5.41) is 10.5. The van der Waals surface area contributed by atoms with Gasteiger partial charge in [0.2, 0.25) is 5.91 Å². The lowest BCUT2D eigenvalue weighted by atomic mass is 10.2. The third-order valence-corrected chi connectivity index (χ3v) is 7.62. The van der Waals surface area contributed by atoms with Gasteiger partial charge in [-0.1, -0.05) is 30.3 Å². The lowest BCUT2D eigenvalue weighted by Gasteiger charge is -2.11. The number of imidazole rings is 2. The van der Waals surface area contributed by atoms with Crippen molar-refractivity contribution in [3.63, 3.8) is 0 Å². The van der Waals surface area contributed by atoms with Crippen molar-refractivity contribution < 1.29 is 13.2 Å². The van der Waals surface area contributed by atoms with Gasteiger partial charge in [0.25, 0.3) is 0 Å². The molecule has 2 aromatic heterocycles. The molecule has 0 aliphatic rings. The number of carbonyl (C=O) groups is 1. The van der Waals surface area contributed by atoms with Crippen LogP contribution in [0.15, 0.2) is 77.7 Å². The first-order valence-electron chi connectivity index (χ1n) is 11.6. The molecule has 0 aliphatic carbocycles. The highest BCUT2D eigenvalue weighted by Crippen LogP contribution is 2.21. The molecule has 0 bridgehead atoms. The van der Waals surface area contributed by atoms with Crippen LogP contribution in [-0.2, 0) is 27.6 Å². The summed E-state index contributed by atoms with van der Waals surface area (Å²) in [6.45, 7) is 0.524. The number of amidine groups is 1. The van der Waals surface area contributed by atoms with Gasteiger partial charge in [-0.05, 0) is 42.5 Å². The molecule has 0 saturated heterocycles. The number of carbonyl (C=O) groups excluding carboxylic acids is 1. The smallest absolute Gasteiger partial charge is 0.235 e. The highest BCUT2D eigenvalue weighted by Gasteiger charge is 2.19. The Kier molecular flexibility index (Phi) is 6.45. The molecule has 5 aromatic rings. The van der Waals surface area contributed by atoms with Gasteiger partial charge in [0.15, 0.2) is 9.84 Å². The summed E-state index contributed by atoms with van der Waals surface area (Å²) in [5.74, 6) is 0.162. The zero-order chi connectivity index (χ0) is 26.0. The highest BCUT2D eigenvalue weighted by atomic mass is 32.2. The number of fused-ring (bicyclic) bond motifs is 2. The summed E-state index contributed by atoms with van der Waals surface area (Å²) < 4.78 is 27.0. The molecule has 11 heteroatoms. The van der Waals surface area contributed by atoms with Gasteiger partial charge < -0.3 is 20.6 Å². The summed E-state index contributed by atoms with van der Waals surface area (Å²) in [6, 6.07) is 21.0. The number of benzene rings is 3. The number of para-hydroxylation sites is 2. The van der Waals surface area contributed by atoms with E-state index in [1.54, 1.807) is 36.4 Å². The summed E-state index contributed by atoms with van der Waals surface area (Å²) in [7, 11) is -3.74. The summed E-state index contributed by atoms with van der Waals surface area (Å²) in [6.07, 6.45) is 0.412. The Labute approximate surface area is 213 Å². The minimum absolute atomic E-state index is 0.0621. The van der Waals surface area contributed by atoms with Gasteiger partial charge in [-0.15, -0.1) is 0 Å². The van der Waals surface area contributed by atoms with Crippen LogP contribution in [-0.4, -0.2) is 52.0 Å². The van der Waals surface area contributed by atoms with Crippen LogP contribution in [0.5, 0.6) is 0 Å². The van der Waals surface area contributed by atoms with Crippen LogP contribution in [0.25, 0.3) is 22.1 Å². The first-order chi connectivity index (χ1) is 17.8. The van der Waals surface area contributed by atoms with Gasteiger partial charge in [-0.2, -0.15) is 0 Å². The third-order valence-electron chi connectivity index (χ3n) is 5.98. The molecule has 2 heterocycles. The summed E-state index contributed by atoms with van der Waals surface area (Å²) in [5.41, 5.74) is 9.50. The second-order valence-electron chi connectivity index (χ2n) is 8.60. The molecule has 188 valence electrons. The molecule has 5 rings (SSSR count). The number of nitrogens with zero attached hydrogens (tertiary/aromatic N) is 3. The van der Waals surface area contributed by atoms with Crippen LogP contribution in [0.3, 0.4) is 0 Å². The fourth-order valence-electron chi connectivity index (χ4n) is 4.21. The number of H-pyrrole nitrogens is 1. The lowest BCUT2D eigenvalue weighted by molar-refractivity contribution is -0.118. The average Bonchev–Trinajstić information content (AvgIpc) is 3.44. The first kappa shape index (κ1) is 24.2. The number of aromatic amines is 1. The molecule has 37 heavy (non-hydrogen) atoms. The number of sulfone groups is 1. The summed E-state index contributed by atoms with van der Waals surface area (Å²) >= 11 is 0. The van der Waals surface area contributed by atoms with Gasteiger partial charge in [-0.25, -0.2) is 18.4 Å². The monoisotopic (exact) mass is 515 g/mol. The molecule has 0 radical (unpaired) electrons. The van der Waals surface area contributed by atoms with E-state index in [0.29, 0.717) is 29.9 Å². The van der Waals surface area contributed by atoms with E-state index in [0.717, 1.165) is 22.4 Å². The molecule has 0 atom stereocenters. The third kappa shape index (κ3) is 5.21. The number of rotatable bonds is 9. The predicted molar refractivity (Wildman–Crippen MR) is 141 cm³/mol. The van der Waals surface area contributed by atoms with Crippen molar-refractivity contribution in [2.45, 2.75) is 17.9 Å². The molecule has 10 nitrogen and oxygen atoms in total. The van der Waals surface area contributed by atoms with Crippen LogP contribution in [0.2, 0.25) is 0 Å². The van der Waals surface area contributed by atoms with Crippen LogP contribution in [0.1, 0.15) is 17.2 Å². The Balaban J connectivity index is 1.37. The summed E-state index contributed by atoms with van der Waals surface area (Å²) in [4.78, 5) is 25.3. The number of nitrogen functional groups attached to an aromatic ring is 1. The second kappa shape index (κ2) is 9.86. The van der Waals surface area contributed by atoms with Crippen molar-refractivity contribution in [3.05, 3.63) is 90.0 Å². The number of amides is 1. The van der Waals surface area contributed by atoms with E-state index in [-0.39, 0.29) is 17.3 Å². The number of nitrogens with two attached hydrogens (primary N) is 1. The minimum atomic E-state index is -3.74. The molecule has 0 saturated carbocycles. The molecule has 0 spiro atoms. The van der Waals surface area contributed by atoms with Crippen LogP contribution < -0.4 is 11.1 Å². The van der Waals surface area contributed by atoms with E-state index in [1.807, 2.05) is 28.8 Å². The normalized spacial score (nSPS) is 11.7. The first-order valence-corrected chi connectivity index (χ1v) is 13.3. The van der Waals surface area contributed by atoms with Crippen LogP contribution >= 0.6 is 0 Å². The van der Waals surface area contributed by atoms with Gasteiger partial charge in [0, 0.05) is 18.7 Å². The Hall–Kier alpha value is -4.51. The maximum absolute atomic E-state index is 12.5. The topological polar surface area (TPSA) is 160 Å². The molecule has 0 unspecified atom stereocenters. The van der Waals surface area contributed by atoms with Gasteiger partial charge in [-0.3, -0.25) is 10.2 Å². The van der Waals surface area contributed by atoms with E-state index in [4.69, 9.17) is 16.1 Å².